The second-order valence-electron chi connectivity index (χ2n) is 7.34. The van der Waals surface area contributed by atoms with Gasteiger partial charge in [-0.25, -0.2) is 0 Å². The highest BCUT2D eigenvalue weighted by atomic mass is 35.5. The highest BCUT2D eigenvalue weighted by Crippen LogP contribution is 2.36. The van der Waals surface area contributed by atoms with E-state index >= 15 is 0 Å². The Kier molecular flexibility index (Phi) is 5.87. The fourth-order valence-corrected chi connectivity index (χ4v) is 4.36. The lowest BCUT2D eigenvalue weighted by Crippen LogP contribution is -2.44. The number of piperidine rings is 1. The minimum absolute atomic E-state index is 0.307. The van der Waals surface area contributed by atoms with Crippen LogP contribution in [0.25, 0.3) is 0 Å². The Bertz CT molecular complexity index is 859. The number of hydrogen-bond acceptors (Lipinski definition) is 3. The van der Waals surface area contributed by atoms with Crippen molar-refractivity contribution < 1.29 is 4.79 Å². The number of benzene rings is 2. The number of nitrogen functional groups attached to an aromatic ring is 1. The van der Waals surface area contributed by atoms with Crippen molar-refractivity contribution in [3.05, 3.63) is 51.5 Å². The third kappa shape index (κ3) is 4.17. The van der Waals surface area contributed by atoms with Crippen molar-refractivity contribution in [2.75, 3.05) is 16.0 Å². The van der Waals surface area contributed by atoms with Gasteiger partial charge in [-0.3, -0.25) is 4.79 Å². The summed E-state index contributed by atoms with van der Waals surface area (Å²) in [6.07, 6.45) is 3.57. The molecule has 0 radical (unpaired) electrons. The van der Waals surface area contributed by atoms with E-state index < -0.39 is 0 Å². The van der Waals surface area contributed by atoms with E-state index in [0.29, 0.717) is 39.1 Å². The van der Waals surface area contributed by atoms with E-state index in [2.05, 4.69) is 31.0 Å². The zero-order valence-corrected chi connectivity index (χ0v) is 17.4. The van der Waals surface area contributed by atoms with Crippen LogP contribution in [0.5, 0.6) is 0 Å². The fraction of sp³-hybridized carbons (Fsp3) is 0.381. The van der Waals surface area contributed by atoms with E-state index in [0.717, 1.165) is 24.1 Å². The lowest BCUT2D eigenvalue weighted by atomic mass is 9.95. The molecule has 4 nitrogen and oxygen atoms in total. The normalized spacial score (nSPS) is 19.8. The molecule has 2 atom stereocenters. The van der Waals surface area contributed by atoms with Crippen LogP contribution in [0, 0.1) is 6.92 Å². The first-order valence-electron chi connectivity index (χ1n) is 9.22. The number of carbonyl (C=O) groups excluding carboxylic acids is 1. The van der Waals surface area contributed by atoms with E-state index in [1.165, 1.54) is 6.42 Å². The smallest absolute Gasteiger partial charge is 0.257 e. The number of rotatable bonds is 3. The summed E-state index contributed by atoms with van der Waals surface area (Å²) in [6.45, 7) is 6.55. The van der Waals surface area contributed by atoms with Crippen LogP contribution < -0.4 is 16.0 Å². The molecule has 27 heavy (non-hydrogen) atoms. The van der Waals surface area contributed by atoms with Crippen molar-refractivity contribution in [2.45, 2.75) is 52.1 Å². The van der Waals surface area contributed by atoms with E-state index in [-0.39, 0.29) is 5.91 Å². The molecule has 2 aromatic carbocycles. The first-order valence-corrected chi connectivity index (χ1v) is 9.98. The Balaban J connectivity index is 1.93. The molecule has 6 heteroatoms. The number of hydrogen-bond donors (Lipinski definition) is 2. The van der Waals surface area contributed by atoms with E-state index in [4.69, 9.17) is 28.9 Å². The average Bonchev–Trinajstić information content (AvgIpc) is 2.58. The van der Waals surface area contributed by atoms with Crippen molar-refractivity contribution in [2.24, 2.45) is 0 Å². The number of nitrogens with one attached hydrogen (secondary N) is 1. The van der Waals surface area contributed by atoms with Gasteiger partial charge in [-0.1, -0.05) is 23.2 Å². The quantitative estimate of drug-likeness (QED) is 0.624. The van der Waals surface area contributed by atoms with Crippen LogP contribution in [-0.4, -0.2) is 18.0 Å². The third-order valence-electron chi connectivity index (χ3n) is 5.26. The monoisotopic (exact) mass is 405 g/mol. The van der Waals surface area contributed by atoms with Crippen molar-refractivity contribution >= 4 is 46.2 Å². The van der Waals surface area contributed by atoms with Gasteiger partial charge in [-0.15, -0.1) is 0 Å². The fourth-order valence-electron chi connectivity index (χ4n) is 3.86. The van der Waals surface area contributed by atoms with Crippen molar-refractivity contribution in [3.63, 3.8) is 0 Å². The van der Waals surface area contributed by atoms with Crippen LogP contribution in [0.2, 0.25) is 10.0 Å². The van der Waals surface area contributed by atoms with Gasteiger partial charge in [-0.2, -0.15) is 0 Å². The van der Waals surface area contributed by atoms with Crippen LogP contribution in [0.3, 0.4) is 0 Å². The summed E-state index contributed by atoms with van der Waals surface area (Å²) in [5, 5.41) is 3.70. The summed E-state index contributed by atoms with van der Waals surface area (Å²) in [5.74, 6) is -0.307. The Morgan fingerprint density at radius 2 is 1.81 bits per heavy atom. The maximum absolute atomic E-state index is 12.7. The van der Waals surface area contributed by atoms with Gasteiger partial charge in [0.05, 0.1) is 22.0 Å². The topological polar surface area (TPSA) is 58.4 Å². The molecule has 2 aromatic rings. The lowest BCUT2D eigenvalue weighted by Gasteiger charge is -2.42. The molecule has 144 valence electrons. The molecule has 1 amide bonds. The predicted octanol–water partition coefficient (Wildman–Crippen LogP) is 5.90. The molecule has 0 aliphatic carbocycles. The molecule has 1 heterocycles. The third-order valence-corrected chi connectivity index (χ3v) is 5.81. The molecule has 0 aromatic heterocycles. The van der Waals surface area contributed by atoms with Crippen LogP contribution in [-0.2, 0) is 0 Å². The highest BCUT2D eigenvalue weighted by Gasteiger charge is 2.27. The Labute approximate surface area is 170 Å². The molecule has 1 saturated heterocycles. The largest absolute Gasteiger partial charge is 0.397 e. The zero-order valence-electron chi connectivity index (χ0n) is 15.9. The number of nitrogens with two attached hydrogens (primary N) is 1. The highest BCUT2D eigenvalue weighted by molar-refractivity contribution is 6.37. The summed E-state index contributed by atoms with van der Waals surface area (Å²) in [4.78, 5) is 15.1. The maximum atomic E-state index is 12.7. The number of amides is 1. The standard InChI is InChI=1S/C21H25Cl2N3O/c1-12-9-18(24)19(11-20(12)26-13(2)5-4-6-14(26)3)25-21(27)16-8-7-15(22)10-17(16)23/h7-11,13-14H,4-6,24H2,1-3H3,(H,25,27)/t13-,14-/m0/s1. The minimum Gasteiger partial charge on any atom is -0.397 e. The number of carbonyl (C=O) groups is 1. The molecule has 1 fully saturated rings. The van der Waals surface area contributed by atoms with E-state index in [1.807, 2.05) is 12.1 Å². The molecule has 3 rings (SSSR count). The van der Waals surface area contributed by atoms with Gasteiger partial charge in [0.2, 0.25) is 0 Å². The molecule has 0 spiro atoms. The second kappa shape index (κ2) is 7.99. The van der Waals surface area contributed by atoms with Crippen LogP contribution in [0.15, 0.2) is 30.3 Å². The summed E-state index contributed by atoms with van der Waals surface area (Å²) in [6, 6.07) is 9.60. The first-order chi connectivity index (χ1) is 12.8. The molecular weight excluding hydrogens is 381 g/mol. The van der Waals surface area contributed by atoms with Crippen molar-refractivity contribution in [3.8, 4) is 0 Å². The predicted molar refractivity (Wildman–Crippen MR) is 115 cm³/mol. The van der Waals surface area contributed by atoms with Gasteiger partial charge in [0.1, 0.15) is 0 Å². The minimum atomic E-state index is -0.307. The average molecular weight is 406 g/mol. The summed E-state index contributed by atoms with van der Waals surface area (Å²) >= 11 is 12.1. The second-order valence-corrected chi connectivity index (χ2v) is 8.18. The summed E-state index contributed by atoms with van der Waals surface area (Å²) in [7, 11) is 0. The van der Waals surface area contributed by atoms with Crippen LogP contribution in [0.4, 0.5) is 17.1 Å². The summed E-state index contributed by atoms with van der Waals surface area (Å²) in [5.41, 5.74) is 9.90. The number of nitrogens with zero attached hydrogens (tertiary/aromatic N) is 1. The van der Waals surface area contributed by atoms with Crippen molar-refractivity contribution in [1.29, 1.82) is 0 Å². The van der Waals surface area contributed by atoms with Gasteiger partial charge >= 0.3 is 0 Å². The van der Waals surface area contributed by atoms with Gasteiger partial charge in [0.25, 0.3) is 5.91 Å². The Morgan fingerprint density at radius 1 is 1.15 bits per heavy atom. The van der Waals surface area contributed by atoms with Crippen LogP contribution in [0.1, 0.15) is 49.0 Å². The molecular formula is C21H25Cl2N3O. The van der Waals surface area contributed by atoms with Crippen LogP contribution >= 0.6 is 23.2 Å². The Hall–Kier alpha value is -1.91. The molecule has 3 N–H and O–H groups in total. The van der Waals surface area contributed by atoms with Crippen molar-refractivity contribution in [1.82, 2.24) is 0 Å². The number of halogens is 2. The number of anilines is 3. The van der Waals surface area contributed by atoms with E-state index in [1.54, 1.807) is 18.2 Å². The van der Waals surface area contributed by atoms with Gasteiger partial charge in [0.15, 0.2) is 0 Å². The molecule has 0 unspecified atom stereocenters. The molecule has 1 aliphatic rings. The first kappa shape index (κ1) is 19.8. The number of aryl methyl sites for hydroxylation is 1. The van der Waals surface area contributed by atoms with Gasteiger partial charge in [-0.05, 0) is 75.9 Å². The summed E-state index contributed by atoms with van der Waals surface area (Å²) < 4.78 is 0. The van der Waals surface area contributed by atoms with Gasteiger partial charge in [0, 0.05) is 22.8 Å². The van der Waals surface area contributed by atoms with E-state index in [9.17, 15) is 4.79 Å². The Morgan fingerprint density at radius 3 is 2.44 bits per heavy atom. The molecule has 0 saturated carbocycles. The lowest BCUT2D eigenvalue weighted by molar-refractivity contribution is 0.102. The SMILES string of the molecule is Cc1cc(N)c(NC(=O)c2ccc(Cl)cc2Cl)cc1N1[C@@H](C)CCC[C@@H]1C. The zero-order chi connectivity index (χ0) is 19.7. The molecule has 1 aliphatic heterocycles. The molecule has 0 bridgehead atoms. The maximum Gasteiger partial charge on any atom is 0.257 e. The van der Waals surface area contributed by atoms with Gasteiger partial charge < -0.3 is 16.0 Å².